The van der Waals surface area contributed by atoms with E-state index >= 15 is 0 Å². The normalized spacial score (nSPS) is 10.5. The second-order valence-corrected chi connectivity index (χ2v) is 6.67. The monoisotopic (exact) mass is 414 g/mol. The first-order valence-corrected chi connectivity index (χ1v) is 8.79. The van der Waals surface area contributed by atoms with E-state index in [0.717, 1.165) is 5.56 Å². The average molecular weight is 415 g/mol. The molecule has 1 N–H and O–H groups in total. The molecule has 0 unspecified atom stereocenters. The molecule has 0 saturated carbocycles. The Kier molecular flexibility index (Phi) is 5.63. The summed E-state index contributed by atoms with van der Waals surface area (Å²) < 4.78 is 16.0. The van der Waals surface area contributed by atoms with Gasteiger partial charge in [0.15, 0.2) is 0 Å². The van der Waals surface area contributed by atoms with E-state index in [9.17, 15) is 14.0 Å². The molecule has 0 aliphatic heterocycles. The Morgan fingerprint density at radius 3 is 2.62 bits per heavy atom. The molecular formula is C20H16BrFN2O2. The quantitative estimate of drug-likeness (QED) is 0.691. The van der Waals surface area contributed by atoms with E-state index in [2.05, 4.69) is 21.2 Å². The first-order valence-electron chi connectivity index (χ1n) is 8.00. The third-order valence-corrected chi connectivity index (χ3v) is 4.40. The van der Waals surface area contributed by atoms with Gasteiger partial charge in [-0.25, -0.2) is 4.39 Å². The van der Waals surface area contributed by atoms with Crippen molar-refractivity contribution in [3.05, 3.63) is 104 Å². The van der Waals surface area contributed by atoms with Gasteiger partial charge in [0, 0.05) is 22.8 Å². The molecule has 0 fully saturated rings. The fraction of sp³-hybridized carbons (Fsp3) is 0.100. The molecule has 0 spiro atoms. The Balaban J connectivity index is 1.76. The van der Waals surface area contributed by atoms with E-state index in [1.54, 1.807) is 24.4 Å². The number of amides is 1. The Morgan fingerprint density at radius 2 is 1.85 bits per heavy atom. The number of hydrogen-bond acceptors (Lipinski definition) is 2. The summed E-state index contributed by atoms with van der Waals surface area (Å²) in [5, 5.41) is 2.60. The summed E-state index contributed by atoms with van der Waals surface area (Å²) in [6.07, 6.45) is 1.64. The SMILES string of the molecule is O=C(NCc1cc(Br)ccc1F)c1cccn(Cc2ccccc2)c1=O. The van der Waals surface area contributed by atoms with Gasteiger partial charge in [0.05, 0.1) is 6.54 Å². The maximum Gasteiger partial charge on any atom is 0.263 e. The summed E-state index contributed by atoms with van der Waals surface area (Å²) in [5.41, 5.74) is 0.944. The van der Waals surface area contributed by atoms with Crippen LogP contribution in [0.2, 0.25) is 0 Å². The van der Waals surface area contributed by atoms with E-state index in [1.165, 1.54) is 16.7 Å². The van der Waals surface area contributed by atoms with Crippen molar-refractivity contribution in [3.8, 4) is 0 Å². The van der Waals surface area contributed by atoms with E-state index < -0.39 is 11.7 Å². The molecule has 4 nitrogen and oxygen atoms in total. The third kappa shape index (κ3) is 4.26. The third-order valence-electron chi connectivity index (χ3n) is 3.91. The van der Waals surface area contributed by atoms with E-state index in [4.69, 9.17) is 0 Å². The summed E-state index contributed by atoms with van der Waals surface area (Å²) in [4.78, 5) is 24.9. The highest BCUT2D eigenvalue weighted by Crippen LogP contribution is 2.15. The predicted molar refractivity (Wildman–Crippen MR) is 102 cm³/mol. The van der Waals surface area contributed by atoms with Crippen LogP contribution in [0.25, 0.3) is 0 Å². The zero-order chi connectivity index (χ0) is 18.5. The van der Waals surface area contributed by atoms with Gasteiger partial charge in [-0.05, 0) is 35.9 Å². The fourth-order valence-corrected chi connectivity index (χ4v) is 2.97. The van der Waals surface area contributed by atoms with Crippen LogP contribution in [0, 0.1) is 5.82 Å². The van der Waals surface area contributed by atoms with Gasteiger partial charge in [-0.2, -0.15) is 0 Å². The summed E-state index contributed by atoms with van der Waals surface area (Å²) in [6.45, 7) is 0.373. The van der Waals surface area contributed by atoms with Crippen molar-refractivity contribution in [2.75, 3.05) is 0 Å². The van der Waals surface area contributed by atoms with Gasteiger partial charge in [0.1, 0.15) is 11.4 Å². The number of nitrogens with one attached hydrogen (secondary N) is 1. The van der Waals surface area contributed by atoms with Crippen molar-refractivity contribution < 1.29 is 9.18 Å². The molecule has 2 aromatic carbocycles. The second-order valence-electron chi connectivity index (χ2n) is 5.76. The molecule has 0 atom stereocenters. The molecule has 0 radical (unpaired) electrons. The molecule has 132 valence electrons. The van der Waals surface area contributed by atoms with Crippen molar-refractivity contribution in [2.24, 2.45) is 0 Å². The number of halogens is 2. The largest absolute Gasteiger partial charge is 0.348 e. The Labute approximate surface area is 158 Å². The second kappa shape index (κ2) is 8.10. The Bertz CT molecular complexity index is 987. The smallest absolute Gasteiger partial charge is 0.263 e. The number of hydrogen-bond donors (Lipinski definition) is 1. The maximum atomic E-state index is 13.8. The zero-order valence-corrected chi connectivity index (χ0v) is 15.4. The van der Waals surface area contributed by atoms with Crippen molar-refractivity contribution in [2.45, 2.75) is 13.1 Å². The molecule has 26 heavy (non-hydrogen) atoms. The average Bonchev–Trinajstić information content (AvgIpc) is 2.65. The molecular weight excluding hydrogens is 399 g/mol. The summed E-state index contributed by atoms with van der Waals surface area (Å²) >= 11 is 3.27. The van der Waals surface area contributed by atoms with Gasteiger partial charge in [-0.15, -0.1) is 0 Å². The minimum atomic E-state index is -0.531. The topological polar surface area (TPSA) is 51.1 Å². The molecule has 0 aliphatic rings. The minimum Gasteiger partial charge on any atom is -0.348 e. The van der Waals surface area contributed by atoms with Crippen molar-refractivity contribution in [3.63, 3.8) is 0 Å². The predicted octanol–water partition coefficient (Wildman–Crippen LogP) is 3.73. The number of rotatable bonds is 5. The maximum absolute atomic E-state index is 13.8. The van der Waals surface area contributed by atoms with Crippen LogP contribution in [0.3, 0.4) is 0 Å². The summed E-state index contributed by atoms with van der Waals surface area (Å²) in [5.74, 6) is -0.945. The highest BCUT2D eigenvalue weighted by atomic mass is 79.9. The number of benzene rings is 2. The molecule has 0 bridgehead atoms. The number of carbonyl (C=O) groups is 1. The van der Waals surface area contributed by atoms with Crippen LogP contribution in [-0.2, 0) is 13.1 Å². The number of carbonyl (C=O) groups excluding carboxylic acids is 1. The molecule has 0 aliphatic carbocycles. The van der Waals surface area contributed by atoms with Gasteiger partial charge in [0.2, 0.25) is 0 Å². The lowest BCUT2D eigenvalue weighted by molar-refractivity contribution is 0.0948. The molecule has 3 aromatic rings. The van der Waals surface area contributed by atoms with E-state index in [0.29, 0.717) is 16.6 Å². The summed E-state index contributed by atoms with van der Waals surface area (Å²) in [6, 6.07) is 17.1. The van der Waals surface area contributed by atoms with Crippen LogP contribution in [0.15, 0.2) is 76.1 Å². The van der Waals surface area contributed by atoms with Crippen LogP contribution < -0.4 is 10.9 Å². The number of pyridine rings is 1. The number of aromatic nitrogens is 1. The molecule has 1 amide bonds. The van der Waals surface area contributed by atoms with E-state index in [1.807, 2.05) is 30.3 Å². The minimum absolute atomic E-state index is 0.00285. The van der Waals surface area contributed by atoms with Gasteiger partial charge >= 0.3 is 0 Å². The molecule has 3 rings (SSSR count). The van der Waals surface area contributed by atoms with Gasteiger partial charge < -0.3 is 9.88 Å². The first kappa shape index (κ1) is 18.1. The van der Waals surface area contributed by atoms with Crippen LogP contribution in [0.4, 0.5) is 4.39 Å². The Hall–Kier alpha value is -2.73. The lowest BCUT2D eigenvalue weighted by Gasteiger charge is -2.09. The Morgan fingerprint density at radius 1 is 1.08 bits per heavy atom. The fourth-order valence-electron chi connectivity index (χ4n) is 2.56. The molecule has 1 heterocycles. The number of nitrogens with zero attached hydrogens (tertiary/aromatic N) is 1. The lowest BCUT2D eigenvalue weighted by Crippen LogP contribution is -2.32. The van der Waals surface area contributed by atoms with Crippen molar-refractivity contribution in [1.29, 1.82) is 0 Å². The van der Waals surface area contributed by atoms with Crippen molar-refractivity contribution in [1.82, 2.24) is 9.88 Å². The molecule has 1 aromatic heterocycles. The standard InChI is InChI=1S/C20H16BrFN2O2/c21-16-8-9-18(22)15(11-16)12-23-19(25)17-7-4-10-24(20(17)26)13-14-5-2-1-3-6-14/h1-11H,12-13H2,(H,23,25). The first-order chi connectivity index (χ1) is 12.5. The molecule has 6 heteroatoms. The van der Waals surface area contributed by atoms with Gasteiger partial charge in [-0.3, -0.25) is 9.59 Å². The van der Waals surface area contributed by atoms with Crippen LogP contribution in [0.1, 0.15) is 21.5 Å². The highest BCUT2D eigenvalue weighted by Gasteiger charge is 2.13. The summed E-state index contributed by atoms with van der Waals surface area (Å²) in [7, 11) is 0. The van der Waals surface area contributed by atoms with Crippen LogP contribution in [0.5, 0.6) is 0 Å². The van der Waals surface area contributed by atoms with Crippen LogP contribution in [-0.4, -0.2) is 10.5 Å². The van der Waals surface area contributed by atoms with Crippen molar-refractivity contribution >= 4 is 21.8 Å². The van der Waals surface area contributed by atoms with Crippen LogP contribution >= 0.6 is 15.9 Å². The highest BCUT2D eigenvalue weighted by molar-refractivity contribution is 9.10. The molecule has 0 saturated heterocycles. The van der Waals surface area contributed by atoms with Gasteiger partial charge in [0.25, 0.3) is 11.5 Å². The lowest BCUT2D eigenvalue weighted by atomic mass is 10.2. The van der Waals surface area contributed by atoms with E-state index in [-0.39, 0.29) is 17.7 Å². The zero-order valence-electron chi connectivity index (χ0n) is 13.8. The van der Waals surface area contributed by atoms with Gasteiger partial charge in [-0.1, -0.05) is 46.3 Å².